The molecule has 7 nitrogen and oxygen atoms in total. The fourth-order valence-corrected chi connectivity index (χ4v) is 4.49. The minimum Gasteiger partial charge on any atom is -0.506 e. The lowest BCUT2D eigenvalue weighted by molar-refractivity contribution is -0.135. The molecule has 172 valence electrons. The highest BCUT2D eigenvalue weighted by Gasteiger charge is 2.38. The van der Waals surface area contributed by atoms with Gasteiger partial charge in [-0.25, -0.2) is 0 Å². The quantitative estimate of drug-likeness (QED) is 0.316. The molecule has 1 N–H and O–H groups in total. The SMILES string of the molecule is COc1cccc(/C=C2\Oc3c(ccc4c3[C@@H](c3ccc(O)c(Cl)c3)CC(=O)O4)C2=O)c1OC. The van der Waals surface area contributed by atoms with E-state index in [-0.39, 0.29) is 28.7 Å². The van der Waals surface area contributed by atoms with Crippen molar-refractivity contribution in [3.8, 4) is 28.7 Å². The molecule has 0 spiro atoms. The van der Waals surface area contributed by atoms with E-state index in [0.717, 1.165) is 0 Å². The fraction of sp³-hybridized carbons (Fsp3) is 0.154. The topological polar surface area (TPSA) is 91.3 Å². The largest absolute Gasteiger partial charge is 0.506 e. The Morgan fingerprint density at radius 1 is 1.06 bits per heavy atom. The second kappa shape index (κ2) is 8.43. The average molecular weight is 479 g/mol. The van der Waals surface area contributed by atoms with Gasteiger partial charge in [-0.15, -0.1) is 0 Å². The van der Waals surface area contributed by atoms with E-state index in [9.17, 15) is 14.7 Å². The van der Waals surface area contributed by atoms with E-state index in [1.165, 1.54) is 20.3 Å². The van der Waals surface area contributed by atoms with Gasteiger partial charge >= 0.3 is 5.97 Å². The Morgan fingerprint density at radius 3 is 2.62 bits per heavy atom. The van der Waals surface area contributed by atoms with Gasteiger partial charge in [-0.1, -0.05) is 29.8 Å². The number of phenols is 1. The Hall–Kier alpha value is -3.97. The van der Waals surface area contributed by atoms with Crippen molar-refractivity contribution < 1.29 is 33.6 Å². The third-order valence-corrected chi connectivity index (χ3v) is 6.18. The molecular weight excluding hydrogens is 460 g/mol. The van der Waals surface area contributed by atoms with Crippen molar-refractivity contribution in [2.45, 2.75) is 12.3 Å². The summed E-state index contributed by atoms with van der Waals surface area (Å²) < 4.78 is 22.3. The normalized spacial score (nSPS) is 17.6. The van der Waals surface area contributed by atoms with Gasteiger partial charge in [-0.3, -0.25) is 9.59 Å². The third kappa shape index (κ3) is 3.54. The summed E-state index contributed by atoms with van der Waals surface area (Å²) in [7, 11) is 3.05. The minimum atomic E-state index is -0.470. The molecule has 2 aliphatic heterocycles. The van der Waals surface area contributed by atoms with E-state index in [1.807, 2.05) is 0 Å². The Balaban J connectivity index is 1.62. The average Bonchev–Trinajstić information content (AvgIpc) is 3.15. The molecule has 0 saturated carbocycles. The number of methoxy groups -OCH3 is 2. The van der Waals surface area contributed by atoms with Crippen LogP contribution in [-0.2, 0) is 4.79 Å². The Kier molecular flexibility index (Phi) is 5.42. The van der Waals surface area contributed by atoms with Gasteiger partial charge < -0.3 is 24.1 Å². The van der Waals surface area contributed by atoms with Gasteiger partial charge in [0.2, 0.25) is 5.78 Å². The number of hydrogen-bond acceptors (Lipinski definition) is 7. The third-order valence-electron chi connectivity index (χ3n) is 5.87. The number of halogens is 1. The molecule has 0 saturated heterocycles. The lowest BCUT2D eigenvalue weighted by atomic mass is 9.84. The molecule has 8 heteroatoms. The lowest BCUT2D eigenvalue weighted by Crippen LogP contribution is -2.21. The van der Waals surface area contributed by atoms with Crippen molar-refractivity contribution in [3.63, 3.8) is 0 Å². The van der Waals surface area contributed by atoms with Crippen molar-refractivity contribution in [2.24, 2.45) is 0 Å². The van der Waals surface area contributed by atoms with Crippen LogP contribution in [0, 0.1) is 0 Å². The summed E-state index contributed by atoms with van der Waals surface area (Å²) in [6.07, 6.45) is 1.63. The summed E-state index contributed by atoms with van der Waals surface area (Å²) in [6.45, 7) is 0. The number of esters is 1. The number of fused-ring (bicyclic) bond motifs is 3. The number of ketones is 1. The highest BCUT2D eigenvalue weighted by atomic mass is 35.5. The highest BCUT2D eigenvalue weighted by Crippen LogP contribution is 2.49. The lowest BCUT2D eigenvalue weighted by Gasteiger charge is -2.26. The minimum absolute atomic E-state index is 0.0326. The van der Waals surface area contributed by atoms with E-state index in [2.05, 4.69) is 0 Å². The fourth-order valence-electron chi connectivity index (χ4n) is 4.30. The van der Waals surface area contributed by atoms with Gasteiger partial charge in [-0.05, 0) is 42.0 Å². The molecule has 2 aliphatic rings. The number of aromatic hydroxyl groups is 1. The number of rotatable bonds is 4. The molecular formula is C26H19ClO7. The van der Waals surface area contributed by atoms with Gasteiger partial charge in [-0.2, -0.15) is 0 Å². The molecule has 34 heavy (non-hydrogen) atoms. The number of phenolic OH excluding ortho intramolecular Hbond substituents is 1. The molecule has 5 rings (SSSR count). The van der Waals surface area contributed by atoms with Crippen LogP contribution in [0.2, 0.25) is 5.02 Å². The number of benzene rings is 3. The molecule has 3 aromatic carbocycles. The highest BCUT2D eigenvalue weighted by molar-refractivity contribution is 6.32. The molecule has 0 fully saturated rings. The van der Waals surface area contributed by atoms with E-state index in [4.69, 9.17) is 30.5 Å². The molecule has 0 amide bonds. The number of Topliss-reactive ketones (excluding diaryl/α,β-unsaturated/α-hetero) is 1. The summed E-state index contributed by atoms with van der Waals surface area (Å²) in [5.74, 6) is 0.494. The second-order valence-electron chi connectivity index (χ2n) is 7.82. The van der Waals surface area contributed by atoms with Crippen LogP contribution in [0.3, 0.4) is 0 Å². The molecule has 0 unspecified atom stereocenters. The molecule has 0 bridgehead atoms. The van der Waals surface area contributed by atoms with Crippen LogP contribution in [0.4, 0.5) is 0 Å². The Morgan fingerprint density at radius 2 is 1.88 bits per heavy atom. The first kappa shape index (κ1) is 21.9. The molecule has 0 aliphatic carbocycles. The van der Waals surface area contributed by atoms with Gasteiger partial charge in [0, 0.05) is 17.0 Å². The molecule has 3 aromatic rings. The van der Waals surface area contributed by atoms with Gasteiger partial charge in [0.1, 0.15) is 17.2 Å². The zero-order valence-corrected chi connectivity index (χ0v) is 19.0. The van der Waals surface area contributed by atoms with Crippen LogP contribution < -0.4 is 18.9 Å². The Labute approximate surface area is 200 Å². The van der Waals surface area contributed by atoms with Gasteiger partial charge in [0.05, 0.1) is 31.2 Å². The standard InChI is InChI=1S/C26H19ClO7/c1-31-20-5-3-4-14(25(20)32-2)11-21-24(30)15-7-9-19-23(26(15)34-21)16(12-22(29)33-19)13-6-8-18(28)17(27)10-13/h3-11,16,28H,12H2,1-2H3/b21-11-/t16-/m1/s1. The van der Waals surface area contributed by atoms with Gasteiger partial charge in [0.15, 0.2) is 17.3 Å². The maximum atomic E-state index is 13.2. The maximum absolute atomic E-state index is 13.2. The van der Waals surface area contributed by atoms with E-state index < -0.39 is 11.9 Å². The molecule has 0 aromatic heterocycles. The predicted molar refractivity (Wildman–Crippen MR) is 124 cm³/mol. The first-order chi connectivity index (χ1) is 16.4. The van der Waals surface area contributed by atoms with Crippen molar-refractivity contribution >= 4 is 29.4 Å². The number of ether oxygens (including phenoxy) is 4. The monoisotopic (exact) mass is 478 g/mol. The van der Waals surface area contributed by atoms with E-state index >= 15 is 0 Å². The summed E-state index contributed by atoms with van der Waals surface area (Å²) in [5.41, 5.74) is 2.24. The Bertz CT molecular complexity index is 1380. The van der Waals surface area contributed by atoms with Crippen LogP contribution in [0.1, 0.15) is 39.4 Å². The number of allylic oxidation sites excluding steroid dienone is 1. The molecule has 0 radical (unpaired) electrons. The zero-order chi connectivity index (χ0) is 24.0. The number of hydrogen-bond donors (Lipinski definition) is 1. The zero-order valence-electron chi connectivity index (χ0n) is 18.3. The van der Waals surface area contributed by atoms with Crippen LogP contribution in [0.15, 0.2) is 54.3 Å². The summed E-state index contributed by atoms with van der Waals surface area (Å²) >= 11 is 6.12. The first-order valence-corrected chi connectivity index (χ1v) is 10.8. The van der Waals surface area contributed by atoms with E-state index in [0.29, 0.717) is 45.3 Å². The van der Waals surface area contributed by atoms with Crippen LogP contribution in [-0.4, -0.2) is 31.1 Å². The molecule has 1 atom stereocenters. The van der Waals surface area contributed by atoms with Crippen LogP contribution in [0.5, 0.6) is 28.7 Å². The maximum Gasteiger partial charge on any atom is 0.312 e. The van der Waals surface area contributed by atoms with Crippen molar-refractivity contribution in [1.29, 1.82) is 0 Å². The summed E-state index contributed by atoms with van der Waals surface area (Å²) in [4.78, 5) is 25.5. The summed E-state index contributed by atoms with van der Waals surface area (Å²) in [5, 5.41) is 9.97. The second-order valence-corrected chi connectivity index (χ2v) is 8.23. The number of para-hydroxylation sites is 1. The smallest absolute Gasteiger partial charge is 0.312 e. The van der Waals surface area contributed by atoms with Crippen LogP contribution in [0.25, 0.3) is 6.08 Å². The summed E-state index contributed by atoms with van der Waals surface area (Å²) in [6, 6.07) is 13.2. The van der Waals surface area contributed by atoms with Crippen LogP contribution >= 0.6 is 11.6 Å². The number of carbonyl (C=O) groups excluding carboxylic acids is 2. The van der Waals surface area contributed by atoms with Crippen molar-refractivity contribution in [3.05, 3.63) is 81.6 Å². The first-order valence-electron chi connectivity index (χ1n) is 10.4. The van der Waals surface area contributed by atoms with Crippen molar-refractivity contribution in [1.82, 2.24) is 0 Å². The molecule has 2 heterocycles. The van der Waals surface area contributed by atoms with Crippen molar-refractivity contribution in [2.75, 3.05) is 14.2 Å². The number of carbonyl (C=O) groups is 2. The van der Waals surface area contributed by atoms with Gasteiger partial charge in [0.25, 0.3) is 0 Å². The predicted octanol–water partition coefficient (Wildman–Crippen LogP) is 5.12. The van der Waals surface area contributed by atoms with E-state index in [1.54, 1.807) is 48.5 Å².